The fourth-order valence-electron chi connectivity index (χ4n) is 1.53. The second-order valence-corrected chi connectivity index (χ2v) is 4.50. The smallest absolute Gasteiger partial charge is 0.241 e. The van der Waals surface area contributed by atoms with Gasteiger partial charge in [-0.3, -0.25) is 4.79 Å². The van der Waals surface area contributed by atoms with Crippen molar-refractivity contribution in [3.8, 4) is 0 Å². The molecule has 7 nitrogen and oxygen atoms in total. The normalized spacial score (nSPS) is 10.2. The van der Waals surface area contributed by atoms with Crippen molar-refractivity contribution in [2.75, 3.05) is 43.4 Å². The van der Waals surface area contributed by atoms with E-state index in [4.69, 9.17) is 11.6 Å². The predicted octanol–water partition coefficient (Wildman–Crippen LogP) is 1.26. The molecule has 1 aromatic heterocycles. The van der Waals surface area contributed by atoms with E-state index < -0.39 is 0 Å². The van der Waals surface area contributed by atoms with Gasteiger partial charge in [0.15, 0.2) is 0 Å². The minimum atomic E-state index is -0.0339. The Morgan fingerprint density at radius 1 is 1.15 bits per heavy atom. The first-order chi connectivity index (χ1) is 9.51. The number of likely N-dealkylation sites (N-methyl/N-ethyl adjacent to an activating group) is 1. The molecular weight excluding hydrogens is 280 g/mol. The van der Waals surface area contributed by atoms with E-state index in [1.807, 2.05) is 25.7 Å². The van der Waals surface area contributed by atoms with Crippen LogP contribution in [0.4, 0.5) is 11.9 Å². The van der Waals surface area contributed by atoms with Crippen LogP contribution in [0.5, 0.6) is 0 Å². The Hall–Kier alpha value is -1.63. The first-order valence-corrected chi connectivity index (χ1v) is 7.03. The van der Waals surface area contributed by atoms with Crippen molar-refractivity contribution in [2.24, 2.45) is 0 Å². The Labute approximate surface area is 124 Å². The Morgan fingerprint density at radius 3 is 2.35 bits per heavy atom. The average molecular weight is 301 g/mol. The number of nitrogens with one attached hydrogen (secondary N) is 1. The van der Waals surface area contributed by atoms with Gasteiger partial charge < -0.3 is 15.1 Å². The van der Waals surface area contributed by atoms with Crippen LogP contribution in [0.1, 0.15) is 20.8 Å². The number of carbonyl (C=O) groups excluding carboxylic acids is 1. The lowest BCUT2D eigenvalue weighted by Crippen LogP contribution is -2.32. The molecule has 0 spiro atoms. The number of aromatic nitrogens is 3. The third-order valence-electron chi connectivity index (χ3n) is 2.94. The van der Waals surface area contributed by atoms with Crippen molar-refractivity contribution in [2.45, 2.75) is 20.8 Å². The van der Waals surface area contributed by atoms with E-state index in [0.717, 1.165) is 13.1 Å². The monoisotopic (exact) mass is 300 g/mol. The molecule has 1 amide bonds. The van der Waals surface area contributed by atoms with Gasteiger partial charge >= 0.3 is 0 Å². The average Bonchev–Trinajstić information content (AvgIpc) is 2.44. The van der Waals surface area contributed by atoms with Gasteiger partial charge in [-0.25, -0.2) is 0 Å². The number of halogens is 1. The summed E-state index contributed by atoms with van der Waals surface area (Å²) in [5.74, 6) is 0.784. The predicted molar refractivity (Wildman–Crippen MR) is 80.2 cm³/mol. The maximum atomic E-state index is 11.7. The molecule has 0 atom stereocenters. The van der Waals surface area contributed by atoms with Gasteiger partial charge in [-0.2, -0.15) is 15.0 Å². The number of hydrogen-bond acceptors (Lipinski definition) is 6. The molecule has 0 fully saturated rings. The SMILES string of the molecule is CCN(C)C(=O)CNc1nc(Cl)nc(N(CC)CC)n1. The van der Waals surface area contributed by atoms with Crippen molar-refractivity contribution in [3.05, 3.63) is 5.28 Å². The van der Waals surface area contributed by atoms with Crippen LogP contribution in [0.3, 0.4) is 0 Å². The summed E-state index contributed by atoms with van der Waals surface area (Å²) in [7, 11) is 1.74. The van der Waals surface area contributed by atoms with Crippen molar-refractivity contribution in [1.29, 1.82) is 0 Å². The Morgan fingerprint density at radius 2 is 1.80 bits per heavy atom. The Kier molecular flexibility index (Phi) is 6.44. The lowest BCUT2D eigenvalue weighted by molar-refractivity contribution is -0.127. The van der Waals surface area contributed by atoms with Crippen LogP contribution < -0.4 is 10.2 Å². The third-order valence-corrected chi connectivity index (χ3v) is 3.11. The quantitative estimate of drug-likeness (QED) is 0.817. The van der Waals surface area contributed by atoms with Crippen LogP contribution in [0.2, 0.25) is 5.28 Å². The van der Waals surface area contributed by atoms with Gasteiger partial charge in [0.25, 0.3) is 0 Å². The van der Waals surface area contributed by atoms with Crippen LogP contribution >= 0.6 is 11.6 Å². The first-order valence-electron chi connectivity index (χ1n) is 6.66. The van der Waals surface area contributed by atoms with E-state index in [2.05, 4.69) is 20.3 Å². The molecule has 112 valence electrons. The topological polar surface area (TPSA) is 74.2 Å². The highest BCUT2D eigenvalue weighted by Gasteiger charge is 2.12. The number of carbonyl (C=O) groups is 1. The summed E-state index contributed by atoms with van der Waals surface area (Å²) in [4.78, 5) is 27.6. The van der Waals surface area contributed by atoms with Gasteiger partial charge in [-0.15, -0.1) is 0 Å². The minimum Gasteiger partial charge on any atom is -0.345 e. The zero-order valence-corrected chi connectivity index (χ0v) is 13.1. The molecule has 1 N–H and O–H groups in total. The molecule has 0 radical (unpaired) electrons. The molecule has 0 aromatic carbocycles. The number of hydrogen-bond donors (Lipinski definition) is 1. The second-order valence-electron chi connectivity index (χ2n) is 4.16. The molecular formula is C12H21ClN6O. The van der Waals surface area contributed by atoms with E-state index in [1.165, 1.54) is 0 Å². The molecule has 1 aromatic rings. The van der Waals surface area contributed by atoms with Gasteiger partial charge in [-0.1, -0.05) is 0 Å². The molecule has 0 bridgehead atoms. The highest BCUT2D eigenvalue weighted by molar-refractivity contribution is 6.28. The van der Waals surface area contributed by atoms with Gasteiger partial charge in [0.2, 0.25) is 23.1 Å². The van der Waals surface area contributed by atoms with E-state index >= 15 is 0 Å². The van der Waals surface area contributed by atoms with Crippen LogP contribution in [-0.4, -0.2) is 59.0 Å². The van der Waals surface area contributed by atoms with E-state index in [9.17, 15) is 4.79 Å². The fraction of sp³-hybridized carbons (Fsp3) is 0.667. The summed E-state index contributed by atoms with van der Waals surface area (Å²) >= 11 is 5.89. The highest BCUT2D eigenvalue weighted by atomic mass is 35.5. The van der Waals surface area contributed by atoms with Crippen molar-refractivity contribution in [3.63, 3.8) is 0 Å². The van der Waals surface area contributed by atoms with E-state index in [1.54, 1.807) is 11.9 Å². The minimum absolute atomic E-state index is 0.0339. The summed E-state index contributed by atoms with van der Waals surface area (Å²) in [6.45, 7) is 8.26. The van der Waals surface area contributed by atoms with Crippen LogP contribution in [-0.2, 0) is 4.79 Å². The summed E-state index contributed by atoms with van der Waals surface area (Å²) in [6.07, 6.45) is 0. The maximum Gasteiger partial charge on any atom is 0.241 e. The summed E-state index contributed by atoms with van der Waals surface area (Å²) in [5, 5.41) is 2.99. The molecule has 20 heavy (non-hydrogen) atoms. The molecule has 8 heteroatoms. The van der Waals surface area contributed by atoms with Gasteiger partial charge in [-0.05, 0) is 32.4 Å². The van der Waals surface area contributed by atoms with E-state index in [0.29, 0.717) is 18.4 Å². The summed E-state index contributed by atoms with van der Waals surface area (Å²) in [5.41, 5.74) is 0. The van der Waals surface area contributed by atoms with Crippen LogP contribution in [0.15, 0.2) is 0 Å². The third kappa shape index (κ3) is 4.48. The molecule has 0 aliphatic heterocycles. The maximum absolute atomic E-state index is 11.7. The number of amides is 1. The molecule has 0 unspecified atom stereocenters. The van der Waals surface area contributed by atoms with E-state index in [-0.39, 0.29) is 17.7 Å². The largest absolute Gasteiger partial charge is 0.345 e. The summed E-state index contributed by atoms with van der Waals surface area (Å²) in [6, 6.07) is 0. The van der Waals surface area contributed by atoms with Crippen LogP contribution in [0.25, 0.3) is 0 Å². The fourth-order valence-corrected chi connectivity index (χ4v) is 1.69. The second kappa shape index (κ2) is 7.84. The van der Waals surface area contributed by atoms with Crippen LogP contribution in [0, 0.1) is 0 Å². The van der Waals surface area contributed by atoms with Gasteiger partial charge in [0.1, 0.15) is 0 Å². The zero-order chi connectivity index (χ0) is 15.1. The summed E-state index contributed by atoms with van der Waals surface area (Å²) < 4.78 is 0. The molecule has 0 aliphatic carbocycles. The molecule has 0 saturated carbocycles. The first kappa shape index (κ1) is 16.4. The van der Waals surface area contributed by atoms with Crippen molar-refractivity contribution < 1.29 is 4.79 Å². The molecule has 1 rings (SSSR count). The number of nitrogens with zero attached hydrogens (tertiary/aromatic N) is 5. The van der Waals surface area contributed by atoms with Crippen molar-refractivity contribution in [1.82, 2.24) is 19.9 Å². The lowest BCUT2D eigenvalue weighted by atomic mass is 10.5. The Balaban J connectivity index is 2.78. The molecule has 0 aliphatic rings. The Bertz CT molecular complexity index is 452. The van der Waals surface area contributed by atoms with Gasteiger partial charge in [0.05, 0.1) is 6.54 Å². The number of anilines is 2. The standard InChI is InChI=1S/C12H21ClN6O/c1-5-18(4)9(20)8-14-11-15-10(13)16-12(17-11)19(6-2)7-3/h5-8H2,1-4H3,(H,14,15,16,17). The lowest BCUT2D eigenvalue weighted by Gasteiger charge is -2.19. The van der Waals surface area contributed by atoms with Gasteiger partial charge in [0, 0.05) is 26.7 Å². The van der Waals surface area contributed by atoms with Crippen molar-refractivity contribution >= 4 is 29.4 Å². The zero-order valence-electron chi connectivity index (χ0n) is 12.4. The highest BCUT2D eigenvalue weighted by Crippen LogP contribution is 2.13. The molecule has 1 heterocycles. The molecule has 0 saturated heterocycles. The number of rotatable bonds is 7.